The molecule has 1 fully saturated rings. The van der Waals surface area contributed by atoms with Crippen molar-refractivity contribution >= 4 is 58.9 Å². The number of halogens is 2. The van der Waals surface area contributed by atoms with Gasteiger partial charge in [0.25, 0.3) is 0 Å². The van der Waals surface area contributed by atoms with Gasteiger partial charge in [-0.3, -0.25) is 4.99 Å². The van der Waals surface area contributed by atoms with Crippen molar-refractivity contribution in [2.75, 3.05) is 37.3 Å². The second-order valence-electron chi connectivity index (χ2n) is 5.88. The molecule has 0 aromatic carbocycles. The molecule has 27 heavy (non-hydrogen) atoms. The Balaban J connectivity index is 0.00000261. The van der Waals surface area contributed by atoms with E-state index < -0.39 is 0 Å². The number of thioether (sulfide) groups is 1. The largest absolute Gasteiger partial charge is 0.356 e. The highest BCUT2D eigenvalue weighted by Crippen LogP contribution is 2.21. The third kappa shape index (κ3) is 6.75. The summed E-state index contributed by atoms with van der Waals surface area (Å²) in [7, 11) is 1.77. The zero-order valence-corrected chi connectivity index (χ0v) is 19.1. The molecule has 3 rings (SSSR count). The fraction of sp³-hybridized carbons (Fsp3) is 0.471. The molecule has 10 heteroatoms. The number of thiazole rings is 1. The van der Waals surface area contributed by atoms with E-state index >= 15 is 0 Å². The lowest BCUT2D eigenvalue weighted by Gasteiger charge is -2.19. The lowest BCUT2D eigenvalue weighted by atomic mass is 10.3. The van der Waals surface area contributed by atoms with Gasteiger partial charge in [0.15, 0.2) is 17.6 Å². The molecule has 0 spiro atoms. The van der Waals surface area contributed by atoms with E-state index in [9.17, 15) is 4.39 Å². The summed E-state index contributed by atoms with van der Waals surface area (Å²) in [5, 5.41) is 8.76. The van der Waals surface area contributed by atoms with E-state index in [1.807, 2.05) is 16.5 Å². The van der Waals surface area contributed by atoms with Gasteiger partial charge in [-0.15, -0.1) is 35.3 Å². The van der Waals surface area contributed by atoms with E-state index in [1.54, 1.807) is 42.4 Å². The number of anilines is 1. The van der Waals surface area contributed by atoms with Gasteiger partial charge in [-0.25, -0.2) is 14.4 Å². The van der Waals surface area contributed by atoms with Crippen LogP contribution in [-0.2, 0) is 0 Å². The smallest absolute Gasteiger partial charge is 0.191 e. The molecule has 0 saturated carbocycles. The highest BCUT2D eigenvalue weighted by molar-refractivity contribution is 14.0. The van der Waals surface area contributed by atoms with Gasteiger partial charge in [0.1, 0.15) is 4.34 Å². The Hall–Kier alpha value is -1.14. The Kier molecular flexibility index (Phi) is 9.56. The summed E-state index contributed by atoms with van der Waals surface area (Å²) in [5.41, 5.74) is 0. The second-order valence-corrected chi connectivity index (χ2v) is 8.12. The van der Waals surface area contributed by atoms with Crippen molar-refractivity contribution < 1.29 is 4.39 Å². The van der Waals surface area contributed by atoms with E-state index in [0.717, 1.165) is 42.0 Å². The van der Waals surface area contributed by atoms with Crippen molar-refractivity contribution in [2.45, 2.75) is 23.2 Å². The molecule has 6 nitrogen and oxygen atoms in total. The van der Waals surface area contributed by atoms with E-state index in [2.05, 4.69) is 25.6 Å². The van der Waals surface area contributed by atoms with E-state index in [1.165, 1.54) is 6.07 Å². The number of nitrogens with one attached hydrogen (secondary N) is 2. The highest BCUT2D eigenvalue weighted by atomic mass is 127. The number of aromatic nitrogens is 2. The molecule has 1 saturated heterocycles. The average molecular weight is 522 g/mol. The molecule has 1 atom stereocenters. The van der Waals surface area contributed by atoms with Gasteiger partial charge in [0.05, 0.1) is 0 Å². The van der Waals surface area contributed by atoms with Crippen molar-refractivity contribution in [2.24, 2.45) is 4.99 Å². The van der Waals surface area contributed by atoms with E-state index in [0.29, 0.717) is 12.4 Å². The van der Waals surface area contributed by atoms with Crippen LogP contribution in [-0.4, -0.2) is 54.4 Å². The summed E-state index contributed by atoms with van der Waals surface area (Å²) >= 11 is 3.45. The summed E-state index contributed by atoms with van der Waals surface area (Å²) in [4.78, 5) is 14.7. The molecule has 148 valence electrons. The first-order chi connectivity index (χ1) is 12.8. The van der Waals surface area contributed by atoms with Crippen LogP contribution >= 0.6 is 47.1 Å². The third-order valence-electron chi connectivity index (χ3n) is 4.04. The predicted octanol–water partition coefficient (Wildman–Crippen LogP) is 3.22. The van der Waals surface area contributed by atoms with Crippen molar-refractivity contribution in [3.8, 4) is 0 Å². The molecule has 0 bridgehead atoms. The van der Waals surface area contributed by atoms with Crippen LogP contribution in [0.5, 0.6) is 0 Å². The van der Waals surface area contributed by atoms with E-state index in [-0.39, 0.29) is 35.8 Å². The summed E-state index contributed by atoms with van der Waals surface area (Å²) in [6.07, 6.45) is 5.42. The zero-order valence-electron chi connectivity index (χ0n) is 15.1. The number of pyridine rings is 1. The molecule has 0 amide bonds. The minimum Gasteiger partial charge on any atom is -0.356 e. The zero-order chi connectivity index (χ0) is 18.2. The Morgan fingerprint density at radius 1 is 1.44 bits per heavy atom. The number of nitrogens with zero attached hydrogens (tertiary/aromatic N) is 4. The lowest BCUT2D eigenvalue weighted by Crippen LogP contribution is -2.45. The van der Waals surface area contributed by atoms with Gasteiger partial charge >= 0.3 is 0 Å². The first-order valence-electron chi connectivity index (χ1n) is 8.61. The van der Waals surface area contributed by atoms with Crippen LogP contribution in [0.1, 0.15) is 12.8 Å². The molecular weight excluding hydrogens is 498 g/mol. The van der Waals surface area contributed by atoms with Gasteiger partial charge < -0.3 is 15.5 Å². The summed E-state index contributed by atoms with van der Waals surface area (Å²) in [6, 6.07) is 3.29. The molecule has 2 aromatic rings. The van der Waals surface area contributed by atoms with Crippen LogP contribution in [0.15, 0.2) is 39.2 Å². The number of hydrogen-bond donors (Lipinski definition) is 2. The van der Waals surface area contributed by atoms with Crippen LogP contribution in [0, 0.1) is 5.82 Å². The fourth-order valence-electron chi connectivity index (χ4n) is 2.79. The van der Waals surface area contributed by atoms with Crippen molar-refractivity contribution in [3.63, 3.8) is 0 Å². The molecule has 0 radical (unpaired) electrons. The third-order valence-corrected chi connectivity index (χ3v) is 6.09. The maximum atomic E-state index is 13.9. The molecule has 2 aromatic heterocycles. The van der Waals surface area contributed by atoms with Crippen LogP contribution in [0.3, 0.4) is 0 Å². The van der Waals surface area contributed by atoms with Gasteiger partial charge in [0, 0.05) is 56.3 Å². The maximum absolute atomic E-state index is 13.9. The van der Waals surface area contributed by atoms with Gasteiger partial charge in [-0.05, 0) is 25.0 Å². The van der Waals surface area contributed by atoms with Crippen LogP contribution in [0.25, 0.3) is 0 Å². The van der Waals surface area contributed by atoms with Crippen molar-refractivity contribution in [1.82, 2.24) is 20.6 Å². The second kappa shape index (κ2) is 11.6. The summed E-state index contributed by atoms with van der Waals surface area (Å²) in [5.74, 6) is 1.97. The van der Waals surface area contributed by atoms with Gasteiger partial charge in [0.2, 0.25) is 0 Å². The van der Waals surface area contributed by atoms with Crippen LogP contribution in [0.4, 0.5) is 10.2 Å². The molecule has 1 aliphatic rings. The summed E-state index contributed by atoms with van der Waals surface area (Å²) in [6.45, 7) is 2.35. The Morgan fingerprint density at radius 3 is 3.07 bits per heavy atom. The molecule has 2 N–H and O–H groups in total. The summed E-state index contributed by atoms with van der Waals surface area (Å²) < 4.78 is 15.0. The fourth-order valence-corrected chi connectivity index (χ4v) is 4.44. The van der Waals surface area contributed by atoms with Crippen LogP contribution in [0.2, 0.25) is 0 Å². The standard InChI is InChI=1S/C17H23FN6S2.HI/c1-19-16(21-7-3-10-25-17-22-8-11-26-17)23-13-5-9-24(12-13)15-14(18)4-2-6-20-15;/h2,4,6,8,11,13H,3,5,7,9-10,12H2,1H3,(H2,19,21,23);1H. The minimum atomic E-state index is -0.270. The molecule has 0 aliphatic carbocycles. The first kappa shape index (κ1) is 22.2. The highest BCUT2D eigenvalue weighted by Gasteiger charge is 2.25. The predicted molar refractivity (Wildman–Crippen MR) is 122 cm³/mol. The minimum absolute atomic E-state index is 0. The Bertz CT molecular complexity index is 715. The number of guanidine groups is 1. The SMILES string of the molecule is CN=C(NCCCSc1nccs1)NC1CCN(c2ncccc2F)C1.I. The monoisotopic (exact) mass is 522 g/mol. The van der Waals surface area contributed by atoms with Crippen LogP contribution < -0.4 is 15.5 Å². The Morgan fingerprint density at radius 2 is 2.33 bits per heavy atom. The molecule has 1 aliphatic heterocycles. The molecule has 1 unspecified atom stereocenters. The first-order valence-corrected chi connectivity index (χ1v) is 10.5. The van der Waals surface area contributed by atoms with Crippen molar-refractivity contribution in [3.05, 3.63) is 35.7 Å². The molecular formula is C17H24FIN6S2. The van der Waals surface area contributed by atoms with Gasteiger partial charge in [-0.2, -0.15) is 0 Å². The Labute approximate surface area is 184 Å². The lowest BCUT2D eigenvalue weighted by molar-refractivity contribution is 0.612. The number of hydrogen-bond acceptors (Lipinski definition) is 6. The topological polar surface area (TPSA) is 65.4 Å². The van der Waals surface area contributed by atoms with Gasteiger partial charge in [-0.1, -0.05) is 11.8 Å². The normalized spacial score (nSPS) is 16.9. The average Bonchev–Trinajstić information content (AvgIpc) is 3.33. The van der Waals surface area contributed by atoms with Crippen molar-refractivity contribution in [1.29, 1.82) is 0 Å². The number of aliphatic imine (C=N–C) groups is 1. The quantitative estimate of drug-likeness (QED) is 0.192. The molecule has 3 heterocycles. The number of rotatable bonds is 7. The van der Waals surface area contributed by atoms with E-state index in [4.69, 9.17) is 0 Å². The maximum Gasteiger partial charge on any atom is 0.191 e.